The van der Waals surface area contributed by atoms with Gasteiger partial charge in [0.1, 0.15) is 0 Å². The number of nitrogens with zero attached hydrogens (tertiary/aromatic N) is 1. The molecule has 0 N–H and O–H groups in total. The number of halogens is 2. The van der Waals surface area contributed by atoms with Gasteiger partial charge >= 0.3 is 0 Å². The summed E-state index contributed by atoms with van der Waals surface area (Å²) in [5.41, 5.74) is 5.26. The Bertz CT molecular complexity index is 473. The second-order valence-corrected chi connectivity index (χ2v) is 6.75. The van der Waals surface area contributed by atoms with Gasteiger partial charge in [0.25, 0.3) is 0 Å². The molecular formula is C12H13I2N. The lowest BCUT2D eigenvalue weighted by molar-refractivity contribution is 0.727. The summed E-state index contributed by atoms with van der Waals surface area (Å²) in [6, 6.07) is 2.20. The van der Waals surface area contributed by atoms with E-state index in [4.69, 9.17) is 0 Å². The number of benzene rings is 1. The minimum atomic E-state index is 0.0982. The van der Waals surface area contributed by atoms with Crippen LogP contribution < -0.4 is 0 Å². The molecule has 1 heterocycles. The third kappa shape index (κ3) is 1.66. The van der Waals surface area contributed by atoms with Gasteiger partial charge in [0.15, 0.2) is 0 Å². The molecule has 0 saturated heterocycles. The zero-order valence-electron chi connectivity index (χ0n) is 9.28. The van der Waals surface area contributed by atoms with Crippen LogP contribution >= 0.6 is 45.2 Å². The molecule has 0 unspecified atom stereocenters. The van der Waals surface area contributed by atoms with Gasteiger partial charge in [-0.1, -0.05) is 13.8 Å². The topological polar surface area (TPSA) is 12.4 Å². The molecule has 15 heavy (non-hydrogen) atoms. The molecule has 1 aromatic carbocycles. The second-order valence-electron chi connectivity index (χ2n) is 4.51. The molecule has 3 heteroatoms. The molecule has 0 fully saturated rings. The molecule has 2 rings (SSSR count). The maximum Gasteiger partial charge on any atom is 0.0691 e. The number of aliphatic imine (C=N–C) groups is 1. The van der Waals surface area contributed by atoms with Crippen LogP contribution in [0.2, 0.25) is 0 Å². The Hall–Kier alpha value is 0.350. The van der Waals surface area contributed by atoms with Crippen molar-refractivity contribution < 1.29 is 0 Å². The van der Waals surface area contributed by atoms with Crippen molar-refractivity contribution in [1.82, 2.24) is 0 Å². The third-order valence-electron chi connectivity index (χ3n) is 3.24. The van der Waals surface area contributed by atoms with Gasteiger partial charge in [0.05, 0.1) is 5.69 Å². The van der Waals surface area contributed by atoms with Crippen LogP contribution in [0.5, 0.6) is 0 Å². The predicted molar refractivity (Wildman–Crippen MR) is 82.4 cm³/mol. The quantitative estimate of drug-likeness (QED) is 0.540. The molecule has 0 aliphatic carbocycles. The summed E-state index contributed by atoms with van der Waals surface area (Å²) < 4.78 is 2.69. The van der Waals surface area contributed by atoms with E-state index in [0.29, 0.717) is 0 Å². The SMILES string of the molecule is CC1=Nc2cc(I)c(C)c(I)c2C1(C)C. The van der Waals surface area contributed by atoms with Crippen molar-refractivity contribution in [3.8, 4) is 0 Å². The first-order valence-corrected chi connectivity index (χ1v) is 7.06. The van der Waals surface area contributed by atoms with Gasteiger partial charge in [-0.05, 0) is 70.7 Å². The van der Waals surface area contributed by atoms with E-state index in [2.05, 4.69) is 83.9 Å². The Morgan fingerprint density at radius 3 is 2.40 bits per heavy atom. The van der Waals surface area contributed by atoms with Crippen LogP contribution in [-0.4, -0.2) is 5.71 Å². The third-order valence-corrected chi connectivity index (χ3v) is 5.71. The highest BCUT2D eigenvalue weighted by atomic mass is 127. The molecule has 0 atom stereocenters. The van der Waals surface area contributed by atoms with Gasteiger partial charge < -0.3 is 0 Å². The average molecular weight is 425 g/mol. The average Bonchev–Trinajstić information content (AvgIpc) is 2.34. The Balaban J connectivity index is 2.79. The minimum Gasteiger partial charge on any atom is -0.257 e. The van der Waals surface area contributed by atoms with Crippen molar-refractivity contribution in [2.24, 2.45) is 4.99 Å². The lowest BCUT2D eigenvalue weighted by atomic mass is 9.82. The molecule has 0 radical (unpaired) electrons. The first-order valence-electron chi connectivity index (χ1n) is 4.90. The van der Waals surface area contributed by atoms with Crippen LogP contribution in [0.15, 0.2) is 11.1 Å². The number of hydrogen-bond acceptors (Lipinski definition) is 1. The first-order chi connectivity index (χ1) is 6.85. The van der Waals surface area contributed by atoms with Crippen molar-refractivity contribution >= 4 is 56.6 Å². The second kappa shape index (κ2) is 3.68. The van der Waals surface area contributed by atoms with E-state index in [-0.39, 0.29) is 5.41 Å². The smallest absolute Gasteiger partial charge is 0.0691 e. The number of rotatable bonds is 0. The molecule has 1 aliphatic heterocycles. The summed E-state index contributed by atoms with van der Waals surface area (Å²) in [5.74, 6) is 0. The summed E-state index contributed by atoms with van der Waals surface area (Å²) in [7, 11) is 0. The van der Waals surface area contributed by atoms with E-state index in [9.17, 15) is 0 Å². The van der Waals surface area contributed by atoms with Gasteiger partial charge in [-0.3, -0.25) is 4.99 Å². The molecule has 1 aliphatic rings. The van der Waals surface area contributed by atoms with Crippen molar-refractivity contribution in [2.45, 2.75) is 33.1 Å². The Labute approximate surface area is 118 Å². The molecule has 0 aromatic heterocycles. The maximum absolute atomic E-state index is 4.67. The summed E-state index contributed by atoms with van der Waals surface area (Å²) in [5, 5.41) is 0. The highest BCUT2D eigenvalue weighted by Gasteiger charge is 2.35. The van der Waals surface area contributed by atoms with E-state index < -0.39 is 0 Å². The summed E-state index contributed by atoms with van der Waals surface area (Å²) in [6.45, 7) is 8.82. The van der Waals surface area contributed by atoms with E-state index in [1.807, 2.05) is 0 Å². The van der Waals surface area contributed by atoms with Crippen molar-refractivity contribution in [2.75, 3.05) is 0 Å². The molecule has 1 nitrogen and oxygen atoms in total. The Morgan fingerprint density at radius 2 is 1.80 bits per heavy atom. The molecule has 0 spiro atoms. The Morgan fingerprint density at radius 1 is 1.20 bits per heavy atom. The lowest BCUT2D eigenvalue weighted by Crippen LogP contribution is -2.24. The predicted octanol–water partition coefficient (Wildman–Crippen LogP) is 4.59. The molecule has 0 amide bonds. The first kappa shape index (κ1) is 11.8. The molecule has 0 saturated carbocycles. The monoisotopic (exact) mass is 425 g/mol. The Kier molecular flexibility index (Phi) is 2.90. The summed E-state index contributed by atoms with van der Waals surface area (Å²) >= 11 is 4.84. The molecular weight excluding hydrogens is 412 g/mol. The van der Waals surface area contributed by atoms with E-state index in [1.165, 1.54) is 24.0 Å². The molecule has 0 bridgehead atoms. The van der Waals surface area contributed by atoms with E-state index >= 15 is 0 Å². The number of fused-ring (bicyclic) bond motifs is 1. The minimum absolute atomic E-state index is 0.0982. The zero-order valence-corrected chi connectivity index (χ0v) is 13.6. The van der Waals surface area contributed by atoms with Gasteiger partial charge in [-0.2, -0.15) is 0 Å². The van der Waals surface area contributed by atoms with Gasteiger partial charge in [0, 0.05) is 23.8 Å². The summed E-state index contributed by atoms with van der Waals surface area (Å²) in [6.07, 6.45) is 0. The zero-order chi connectivity index (χ0) is 11.4. The van der Waals surface area contributed by atoms with Gasteiger partial charge in [-0.15, -0.1) is 0 Å². The van der Waals surface area contributed by atoms with E-state index in [0.717, 1.165) is 5.69 Å². The normalized spacial score (nSPS) is 17.6. The lowest BCUT2D eigenvalue weighted by Gasteiger charge is -2.22. The largest absolute Gasteiger partial charge is 0.257 e. The van der Waals surface area contributed by atoms with Gasteiger partial charge in [-0.25, -0.2) is 0 Å². The van der Waals surface area contributed by atoms with Crippen molar-refractivity contribution in [3.63, 3.8) is 0 Å². The fourth-order valence-corrected chi connectivity index (χ4v) is 4.21. The maximum atomic E-state index is 4.67. The van der Waals surface area contributed by atoms with Crippen LogP contribution in [-0.2, 0) is 5.41 Å². The fraction of sp³-hybridized carbons (Fsp3) is 0.417. The molecule has 80 valence electrons. The van der Waals surface area contributed by atoms with Crippen molar-refractivity contribution in [3.05, 3.63) is 24.3 Å². The van der Waals surface area contributed by atoms with Crippen LogP contribution in [0.1, 0.15) is 31.9 Å². The van der Waals surface area contributed by atoms with Gasteiger partial charge in [0.2, 0.25) is 0 Å². The molecule has 1 aromatic rings. The standard InChI is InChI=1S/C12H13I2N/c1-6-8(13)5-9-10(11(6)14)12(3,4)7(2)15-9/h5H,1-4H3. The van der Waals surface area contributed by atoms with Crippen LogP contribution in [0.25, 0.3) is 0 Å². The number of hydrogen-bond donors (Lipinski definition) is 0. The summed E-state index contributed by atoms with van der Waals surface area (Å²) in [4.78, 5) is 4.67. The van der Waals surface area contributed by atoms with Crippen LogP contribution in [0.4, 0.5) is 5.69 Å². The van der Waals surface area contributed by atoms with Crippen LogP contribution in [0, 0.1) is 14.1 Å². The van der Waals surface area contributed by atoms with Crippen molar-refractivity contribution in [1.29, 1.82) is 0 Å². The van der Waals surface area contributed by atoms with E-state index in [1.54, 1.807) is 0 Å². The van der Waals surface area contributed by atoms with Crippen LogP contribution in [0.3, 0.4) is 0 Å². The highest BCUT2D eigenvalue weighted by Crippen LogP contribution is 2.44. The highest BCUT2D eigenvalue weighted by molar-refractivity contribution is 14.1. The fourth-order valence-electron chi connectivity index (χ4n) is 1.89.